The number of carbonyl (C=O) groups excluding carboxylic acids is 3. The Kier molecular flexibility index (Phi) is 6.56. The van der Waals surface area contributed by atoms with Gasteiger partial charge in [0.25, 0.3) is 0 Å². The minimum absolute atomic E-state index is 0.0127. The highest BCUT2D eigenvalue weighted by Crippen LogP contribution is 2.28. The first kappa shape index (κ1) is 18.5. The second kappa shape index (κ2) is 8.86. The van der Waals surface area contributed by atoms with Gasteiger partial charge in [-0.25, -0.2) is 9.59 Å². The third-order valence-electron chi connectivity index (χ3n) is 4.05. The number of hydrogen-bond donors (Lipinski definition) is 2. The van der Waals surface area contributed by atoms with Crippen LogP contribution in [-0.2, 0) is 23.9 Å². The Labute approximate surface area is 146 Å². The first-order valence-corrected chi connectivity index (χ1v) is 8.10. The quantitative estimate of drug-likeness (QED) is 0.607. The van der Waals surface area contributed by atoms with Crippen LogP contribution >= 0.6 is 0 Å². The van der Waals surface area contributed by atoms with Gasteiger partial charge in [0.15, 0.2) is 0 Å². The second-order valence-electron chi connectivity index (χ2n) is 5.71. The molecule has 0 spiro atoms. The molecule has 7 nitrogen and oxygen atoms in total. The van der Waals surface area contributed by atoms with Crippen LogP contribution in [-0.4, -0.2) is 32.1 Å². The molecular weight excluding hydrogens is 324 g/mol. The van der Waals surface area contributed by atoms with E-state index < -0.39 is 11.9 Å². The van der Waals surface area contributed by atoms with Crippen molar-refractivity contribution in [1.29, 1.82) is 0 Å². The summed E-state index contributed by atoms with van der Waals surface area (Å²) < 4.78 is 9.21. The van der Waals surface area contributed by atoms with E-state index in [1.807, 2.05) is 0 Å². The molecule has 0 radical (unpaired) electrons. The zero-order valence-corrected chi connectivity index (χ0v) is 14.3. The lowest BCUT2D eigenvalue weighted by Crippen LogP contribution is -2.22. The molecule has 0 bridgehead atoms. The summed E-state index contributed by atoms with van der Waals surface area (Å²) in [5.74, 6) is -1.44. The third kappa shape index (κ3) is 5.07. The monoisotopic (exact) mass is 346 g/mol. The number of benzene rings is 1. The van der Waals surface area contributed by atoms with Crippen molar-refractivity contribution < 1.29 is 23.9 Å². The van der Waals surface area contributed by atoms with E-state index in [0.29, 0.717) is 11.4 Å². The Morgan fingerprint density at radius 1 is 1.00 bits per heavy atom. The van der Waals surface area contributed by atoms with Crippen LogP contribution in [0, 0.1) is 5.92 Å². The zero-order chi connectivity index (χ0) is 18.2. The van der Waals surface area contributed by atoms with Crippen LogP contribution in [0.4, 0.5) is 11.4 Å². The van der Waals surface area contributed by atoms with Crippen molar-refractivity contribution in [3.63, 3.8) is 0 Å². The van der Waals surface area contributed by atoms with Gasteiger partial charge in [-0.05, 0) is 25.0 Å². The normalized spacial score (nSPS) is 14.7. The summed E-state index contributed by atoms with van der Waals surface area (Å²) in [7, 11) is 2.42. The highest BCUT2D eigenvalue weighted by atomic mass is 16.5. The lowest BCUT2D eigenvalue weighted by atomic mass is 10.1. The van der Waals surface area contributed by atoms with Crippen LogP contribution < -0.4 is 10.6 Å². The fraction of sp³-hybridized carbons (Fsp3) is 0.389. The fourth-order valence-corrected chi connectivity index (χ4v) is 2.70. The fourth-order valence-electron chi connectivity index (χ4n) is 2.70. The molecule has 1 aliphatic carbocycles. The first-order valence-electron chi connectivity index (χ1n) is 8.10. The van der Waals surface area contributed by atoms with Crippen LogP contribution in [0.2, 0.25) is 0 Å². The molecule has 2 rings (SSSR count). The molecule has 1 saturated carbocycles. The molecule has 0 heterocycles. The Bertz CT molecular complexity index is 678. The lowest BCUT2D eigenvalue weighted by molar-refractivity contribution is -0.138. The Morgan fingerprint density at radius 2 is 1.60 bits per heavy atom. The number of esters is 2. The van der Waals surface area contributed by atoms with Crippen molar-refractivity contribution in [2.45, 2.75) is 25.7 Å². The number of hydrogen-bond acceptors (Lipinski definition) is 6. The summed E-state index contributed by atoms with van der Waals surface area (Å²) in [6.07, 6.45) is 4.90. The average molecular weight is 346 g/mol. The smallest absolute Gasteiger partial charge is 0.354 e. The van der Waals surface area contributed by atoms with Crippen molar-refractivity contribution in [3.8, 4) is 0 Å². The van der Waals surface area contributed by atoms with Gasteiger partial charge in [0.05, 0.1) is 31.7 Å². The molecule has 0 aromatic heterocycles. The molecule has 0 unspecified atom stereocenters. The minimum Gasteiger partial charge on any atom is -0.466 e. The summed E-state index contributed by atoms with van der Waals surface area (Å²) in [6, 6.07) is 6.94. The summed E-state index contributed by atoms with van der Waals surface area (Å²) in [4.78, 5) is 35.7. The number of ether oxygens (including phenoxy) is 2. The molecular formula is C18H22N2O5. The SMILES string of the molecule is COC(=O)/C=C(/Nc1ccccc1NC(=O)C1CCCC1)C(=O)OC. The zero-order valence-electron chi connectivity index (χ0n) is 14.3. The Hall–Kier alpha value is -2.83. The molecule has 1 amide bonds. The van der Waals surface area contributed by atoms with Crippen LogP contribution in [0.25, 0.3) is 0 Å². The minimum atomic E-state index is -0.720. The van der Waals surface area contributed by atoms with E-state index in [-0.39, 0.29) is 17.5 Å². The number of carbonyl (C=O) groups is 3. The van der Waals surface area contributed by atoms with Gasteiger partial charge in [-0.2, -0.15) is 0 Å². The van der Waals surface area contributed by atoms with Crippen LogP contribution in [0.3, 0.4) is 0 Å². The maximum absolute atomic E-state index is 12.3. The van der Waals surface area contributed by atoms with Gasteiger partial charge in [-0.3, -0.25) is 4.79 Å². The summed E-state index contributed by atoms with van der Waals surface area (Å²) >= 11 is 0. The number of anilines is 2. The number of amides is 1. The van der Waals surface area contributed by atoms with E-state index in [9.17, 15) is 14.4 Å². The number of nitrogens with one attached hydrogen (secondary N) is 2. The van der Waals surface area contributed by atoms with E-state index in [1.54, 1.807) is 24.3 Å². The second-order valence-corrected chi connectivity index (χ2v) is 5.71. The highest BCUT2D eigenvalue weighted by molar-refractivity contribution is 6.01. The maximum Gasteiger partial charge on any atom is 0.354 e. The average Bonchev–Trinajstić information content (AvgIpc) is 3.16. The predicted molar refractivity (Wildman–Crippen MR) is 92.8 cm³/mol. The number of rotatable bonds is 6. The van der Waals surface area contributed by atoms with E-state index in [2.05, 4.69) is 20.1 Å². The molecule has 134 valence electrons. The molecule has 7 heteroatoms. The van der Waals surface area contributed by atoms with Gasteiger partial charge < -0.3 is 20.1 Å². The van der Waals surface area contributed by atoms with Crippen LogP contribution in [0.1, 0.15) is 25.7 Å². The summed E-state index contributed by atoms with van der Waals surface area (Å²) in [6.45, 7) is 0. The van der Waals surface area contributed by atoms with Crippen molar-refractivity contribution in [3.05, 3.63) is 36.0 Å². The molecule has 1 aliphatic rings. The molecule has 25 heavy (non-hydrogen) atoms. The largest absolute Gasteiger partial charge is 0.466 e. The topological polar surface area (TPSA) is 93.7 Å². The first-order chi connectivity index (χ1) is 12.0. The number of para-hydroxylation sites is 2. The lowest BCUT2D eigenvalue weighted by Gasteiger charge is -2.16. The van der Waals surface area contributed by atoms with Gasteiger partial charge in [0.1, 0.15) is 5.70 Å². The van der Waals surface area contributed by atoms with Crippen molar-refractivity contribution in [2.24, 2.45) is 5.92 Å². The molecule has 1 aromatic carbocycles. The summed E-state index contributed by atoms with van der Waals surface area (Å²) in [5.41, 5.74) is 0.922. The van der Waals surface area contributed by atoms with E-state index in [1.165, 1.54) is 14.2 Å². The maximum atomic E-state index is 12.3. The predicted octanol–water partition coefficient (Wildman–Crippen LogP) is 2.46. The molecule has 1 fully saturated rings. The molecule has 0 saturated heterocycles. The van der Waals surface area contributed by atoms with Crippen molar-refractivity contribution in [2.75, 3.05) is 24.9 Å². The van der Waals surface area contributed by atoms with Crippen LogP contribution in [0.15, 0.2) is 36.0 Å². The van der Waals surface area contributed by atoms with Crippen LogP contribution in [0.5, 0.6) is 0 Å². The van der Waals surface area contributed by atoms with E-state index in [4.69, 9.17) is 0 Å². The van der Waals surface area contributed by atoms with Gasteiger partial charge in [0, 0.05) is 5.92 Å². The highest BCUT2D eigenvalue weighted by Gasteiger charge is 2.23. The van der Waals surface area contributed by atoms with Gasteiger partial charge in [-0.15, -0.1) is 0 Å². The number of methoxy groups -OCH3 is 2. The molecule has 1 aromatic rings. The van der Waals surface area contributed by atoms with Gasteiger partial charge in [0.2, 0.25) is 5.91 Å². The summed E-state index contributed by atoms with van der Waals surface area (Å²) in [5, 5.41) is 5.72. The molecule has 0 aliphatic heterocycles. The van der Waals surface area contributed by atoms with Gasteiger partial charge in [-0.1, -0.05) is 25.0 Å². The third-order valence-corrected chi connectivity index (χ3v) is 4.05. The Balaban J connectivity index is 2.20. The van der Waals surface area contributed by atoms with Crippen molar-refractivity contribution >= 4 is 29.2 Å². The standard InChI is InChI=1S/C18H22N2O5/c1-24-16(21)11-15(18(23)25-2)19-13-9-5-6-10-14(13)20-17(22)12-7-3-4-8-12/h5-6,9-12,19H,3-4,7-8H2,1-2H3,(H,20,22)/b15-11+. The van der Waals surface area contributed by atoms with E-state index in [0.717, 1.165) is 31.8 Å². The van der Waals surface area contributed by atoms with Gasteiger partial charge >= 0.3 is 11.9 Å². The molecule has 2 N–H and O–H groups in total. The Morgan fingerprint density at radius 3 is 2.16 bits per heavy atom. The van der Waals surface area contributed by atoms with E-state index >= 15 is 0 Å². The molecule has 0 atom stereocenters. The van der Waals surface area contributed by atoms with Crippen molar-refractivity contribution in [1.82, 2.24) is 0 Å².